The van der Waals surface area contributed by atoms with Crippen LogP contribution in [0.4, 0.5) is 0 Å². The maximum Gasteiger partial charge on any atom is 0.106 e. The molecule has 2 heterocycles. The van der Waals surface area contributed by atoms with Crippen molar-refractivity contribution in [3.8, 4) is 0 Å². The molecule has 0 radical (unpaired) electrons. The molecule has 2 rings (SSSR count). The van der Waals surface area contributed by atoms with Crippen LogP contribution in [0.2, 0.25) is 0 Å². The molecular formula is C14H21BrN2O. The van der Waals surface area contributed by atoms with E-state index in [1.807, 2.05) is 30.7 Å². The van der Waals surface area contributed by atoms with Crippen molar-refractivity contribution in [2.45, 2.75) is 46.8 Å². The summed E-state index contributed by atoms with van der Waals surface area (Å²) in [5.41, 5.74) is 1.54. The first-order chi connectivity index (χ1) is 8.37. The van der Waals surface area contributed by atoms with Gasteiger partial charge in [-0.05, 0) is 48.3 Å². The summed E-state index contributed by atoms with van der Waals surface area (Å²) in [6, 6.07) is 2.01. The fourth-order valence-electron chi connectivity index (χ4n) is 1.89. The number of aromatic nitrogens is 2. The number of pyridine rings is 1. The summed E-state index contributed by atoms with van der Waals surface area (Å²) in [6.45, 7) is 10.2. The van der Waals surface area contributed by atoms with E-state index in [2.05, 4.69) is 34.0 Å². The van der Waals surface area contributed by atoms with Crippen LogP contribution in [0.1, 0.15) is 33.3 Å². The van der Waals surface area contributed by atoms with Crippen molar-refractivity contribution in [3.63, 3.8) is 0 Å². The summed E-state index contributed by atoms with van der Waals surface area (Å²) in [4.78, 5) is 4.23. The smallest absolute Gasteiger partial charge is 0.106 e. The highest BCUT2D eigenvalue weighted by molar-refractivity contribution is 9.10. The molecule has 0 atom stereocenters. The summed E-state index contributed by atoms with van der Waals surface area (Å²) >= 11 is 3.37. The van der Waals surface area contributed by atoms with Crippen molar-refractivity contribution in [2.24, 2.45) is 0 Å². The molecule has 2 aromatic rings. The molecule has 0 amide bonds. The Kier molecular flexibility index (Phi) is 4.93. The van der Waals surface area contributed by atoms with Crippen molar-refractivity contribution in [2.75, 3.05) is 0 Å². The molecule has 18 heavy (non-hydrogen) atoms. The molecule has 0 bridgehead atoms. The SMILES string of the molecule is CC.Cc1cn(CC(C)(C)O)c2cnc(Br)cc12. The summed E-state index contributed by atoms with van der Waals surface area (Å²) in [5.74, 6) is 0. The molecule has 100 valence electrons. The largest absolute Gasteiger partial charge is 0.389 e. The van der Waals surface area contributed by atoms with Crippen molar-refractivity contribution >= 4 is 26.8 Å². The molecule has 1 N–H and O–H groups in total. The standard InChI is InChI=1S/C12H15BrN2O.C2H6/c1-8-6-15(7-12(2,3)16)10-5-14-11(13)4-9(8)10;1-2/h4-6,16H,7H2,1-3H3;1-2H3. The normalized spacial score (nSPS) is 11.3. The van der Waals surface area contributed by atoms with Crippen molar-refractivity contribution in [1.29, 1.82) is 0 Å². The van der Waals surface area contributed by atoms with E-state index in [9.17, 15) is 5.11 Å². The minimum atomic E-state index is -0.717. The van der Waals surface area contributed by atoms with Crippen LogP contribution in [-0.4, -0.2) is 20.3 Å². The molecule has 0 aromatic carbocycles. The zero-order chi connectivity index (χ0) is 13.9. The number of fused-ring (bicyclic) bond motifs is 1. The number of nitrogens with zero attached hydrogens (tertiary/aromatic N) is 2. The monoisotopic (exact) mass is 312 g/mol. The summed E-state index contributed by atoms with van der Waals surface area (Å²) in [6.07, 6.45) is 3.88. The lowest BCUT2D eigenvalue weighted by atomic mass is 10.1. The zero-order valence-corrected chi connectivity index (χ0v) is 13.2. The van der Waals surface area contributed by atoms with Crippen LogP contribution in [0.15, 0.2) is 23.1 Å². The molecule has 0 unspecified atom stereocenters. The van der Waals surface area contributed by atoms with E-state index >= 15 is 0 Å². The molecule has 0 aliphatic heterocycles. The highest BCUT2D eigenvalue weighted by Crippen LogP contribution is 2.24. The van der Waals surface area contributed by atoms with Crippen LogP contribution < -0.4 is 0 Å². The first-order valence-corrected chi connectivity index (χ1v) is 6.99. The van der Waals surface area contributed by atoms with Gasteiger partial charge in [-0.1, -0.05) is 13.8 Å². The van der Waals surface area contributed by atoms with E-state index < -0.39 is 5.60 Å². The van der Waals surface area contributed by atoms with Gasteiger partial charge in [0.05, 0.1) is 23.9 Å². The number of hydrogen-bond donors (Lipinski definition) is 1. The van der Waals surface area contributed by atoms with E-state index in [1.54, 1.807) is 13.8 Å². The lowest BCUT2D eigenvalue weighted by Gasteiger charge is -2.18. The van der Waals surface area contributed by atoms with Crippen LogP contribution >= 0.6 is 15.9 Å². The lowest BCUT2D eigenvalue weighted by molar-refractivity contribution is 0.0628. The summed E-state index contributed by atoms with van der Waals surface area (Å²) in [5, 5.41) is 11.0. The van der Waals surface area contributed by atoms with Gasteiger partial charge in [0.15, 0.2) is 0 Å². The van der Waals surface area contributed by atoms with Gasteiger partial charge < -0.3 is 9.67 Å². The average Bonchev–Trinajstić information content (AvgIpc) is 2.56. The van der Waals surface area contributed by atoms with Crippen molar-refractivity contribution in [3.05, 3.63) is 28.6 Å². The van der Waals surface area contributed by atoms with Crippen molar-refractivity contribution < 1.29 is 5.11 Å². The molecule has 0 saturated heterocycles. The molecule has 0 fully saturated rings. The van der Waals surface area contributed by atoms with Gasteiger partial charge in [0.1, 0.15) is 4.60 Å². The van der Waals surface area contributed by atoms with Gasteiger partial charge in [-0.2, -0.15) is 0 Å². The molecule has 3 nitrogen and oxygen atoms in total. The average molecular weight is 313 g/mol. The van der Waals surface area contributed by atoms with Crippen molar-refractivity contribution in [1.82, 2.24) is 9.55 Å². The van der Waals surface area contributed by atoms with E-state index in [4.69, 9.17) is 0 Å². The predicted molar refractivity (Wildman–Crippen MR) is 79.8 cm³/mol. The third kappa shape index (κ3) is 3.56. The van der Waals surface area contributed by atoms with E-state index in [1.165, 1.54) is 10.9 Å². The quantitative estimate of drug-likeness (QED) is 0.854. The van der Waals surface area contributed by atoms with Gasteiger partial charge in [0.25, 0.3) is 0 Å². The highest BCUT2D eigenvalue weighted by Gasteiger charge is 2.16. The first kappa shape index (κ1) is 15.2. The van der Waals surface area contributed by atoms with Crippen LogP contribution in [-0.2, 0) is 6.54 Å². The Bertz CT molecular complexity index is 526. The van der Waals surface area contributed by atoms with Gasteiger partial charge in [0.2, 0.25) is 0 Å². The fourth-order valence-corrected chi connectivity index (χ4v) is 2.22. The van der Waals surface area contributed by atoms with Gasteiger partial charge in [-0.25, -0.2) is 4.98 Å². The van der Waals surface area contributed by atoms with Gasteiger partial charge >= 0.3 is 0 Å². The summed E-state index contributed by atoms with van der Waals surface area (Å²) in [7, 11) is 0. The lowest BCUT2D eigenvalue weighted by Crippen LogP contribution is -2.25. The molecule has 0 aliphatic carbocycles. The zero-order valence-electron chi connectivity index (χ0n) is 11.7. The summed E-state index contributed by atoms with van der Waals surface area (Å²) < 4.78 is 2.88. The van der Waals surface area contributed by atoms with E-state index in [-0.39, 0.29) is 0 Å². The van der Waals surface area contributed by atoms with Gasteiger partial charge in [-0.3, -0.25) is 0 Å². The molecule has 2 aromatic heterocycles. The minimum absolute atomic E-state index is 0.570. The second kappa shape index (κ2) is 5.85. The van der Waals surface area contributed by atoms with Gasteiger partial charge in [-0.15, -0.1) is 0 Å². The third-order valence-electron chi connectivity index (χ3n) is 2.49. The van der Waals surface area contributed by atoms with Gasteiger partial charge in [0, 0.05) is 11.6 Å². The third-order valence-corrected chi connectivity index (χ3v) is 2.92. The Morgan fingerprint density at radius 1 is 1.39 bits per heavy atom. The number of aliphatic hydroxyl groups is 1. The molecule has 4 heteroatoms. The Hall–Kier alpha value is -0.870. The first-order valence-electron chi connectivity index (χ1n) is 6.20. The highest BCUT2D eigenvalue weighted by atomic mass is 79.9. The molecule has 0 saturated carbocycles. The van der Waals surface area contributed by atoms with E-state index in [0.717, 1.165) is 10.1 Å². The Balaban J connectivity index is 0.000000771. The topological polar surface area (TPSA) is 38.0 Å². The number of aryl methyl sites for hydroxylation is 1. The van der Waals surface area contributed by atoms with Crippen LogP contribution in [0.3, 0.4) is 0 Å². The molecule has 0 aliphatic rings. The van der Waals surface area contributed by atoms with E-state index in [0.29, 0.717) is 6.54 Å². The van der Waals surface area contributed by atoms with Crippen LogP contribution in [0, 0.1) is 6.92 Å². The number of rotatable bonds is 2. The Labute approximate surface area is 117 Å². The maximum atomic E-state index is 9.84. The minimum Gasteiger partial charge on any atom is -0.389 e. The number of hydrogen-bond acceptors (Lipinski definition) is 2. The maximum absolute atomic E-state index is 9.84. The predicted octanol–water partition coefficient (Wildman–Crippen LogP) is 3.90. The second-order valence-corrected chi connectivity index (χ2v) is 5.59. The molecular weight excluding hydrogens is 292 g/mol. The second-order valence-electron chi connectivity index (χ2n) is 4.78. The Morgan fingerprint density at radius 2 is 2.00 bits per heavy atom. The Morgan fingerprint density at radius 3 is 2.56 bits per heavy atom. The van der Waals surface area contributed by atoms with Crippen LogP contribution in [0.25, 0.3) is 10.9 Å². The number of halogens is 1. The van der Waals surface area contributed by atoms with Crippen LogP contribution in [0.5, 0.6) is 0 Å². The molecule has 0 spiro atoms. The fraction of sp³-hybridized carbons (Fsp3) is 0.500.